The highest BCUT2D eigenvalue weighted by Crippen LogP contribution is 2.21. The molecule has 0 fully saturated rings. The molecule has 4 N–H and O–H groups in total. The van der Waals surface area contributed by atoms with E-state index >= 15 is 0 Å². The molecule has 2 rings (SSSR count). The van der Waals surface area contributed by atoms with Gasteiger partial charge in [0.15, 0.2) is 11.5 Å². The van der Waals surface area contributed by atoms with Gasteiger partial charge < -0.3 is 20.8 Å². The third-order valence-corrected chi connectivity index (χ3v) is 3.85. The molecule has 0 unspecified atom stereocenters. The summed E-state index contributed by atoms with van der Waals surface area (Å²) < 4.78 is 0. The number of hydrogen-bond acceptors (Lipinski definition) is 7. The first-order chi connectivity index (χ1) is 11.5. The van der Waals surface area contributed by atoms with E-state index in [1.165, 1.54) is 11.3 Å². The van der Waals surface area contributed by atoms with Gasteiger partial charge in [0.2, 0.25) is 5.75 Å². The zero-order valence-electron chi connectivity index (χ0n) is 13.0. The molecule has 1 amide bonds. The monoisotopic (exact) mass is 347 g/mol. The van der Waals surface area contributed by atoms with Crippen LogP contribution in [0, 0.1) is 0 Å². The molecule has 0 aromatic carbocycles. The van der Waals surface area contributed by atoms with Crippen LogP contribution in [-0.2, 0) is 0 Å². The van der Waals surface area contributed by atoms with Gasteiger partial charge in [-0.3, -0.25) is 9.59 Å². The zero-order chi connectivity index (χ0) is 17.5. The number of hydrogen-bond donors (Lipinski definition) is 4. The topological polar surface area (TPSA) is 119 Å². The van der Waals surface area contributed by atoms with Crippen LogP contribution in [0.3, 0.4) is 0 Å². The average Bonchev–Trinajstić information content (AvgIpc) is 3.09. The summed E-state index contributed by atoms with van der Waals surface area (Å²) in [5.74, 6) is -1.10. The molecule has 126 valence electrons. The van der Waals surface area contributed by atoms with Gasteiger partial charge in [-0.25, -0.2) is 4.98 Å². The number of aromatic amines is 1. The number of hydrazone groups is 1. The molecule has 2 heterocycles. The smallest absolute Gasteiger partial charge is 0.294 e. The first-order valence-electron chi connectivity index (χ1n) is 7.06. The van der Waals surface area contributed by atoms with Crippen LogP contribution in [0.4, 0.5) is 0 Å². The SMILES string of the molecule is C=C(/C=N\NC)CCNC(=O)c1nc(-c2cccs2)[nH]c(=O)c1O. The quantitative estimate of drug-likeness (QED) is 0.441. The Bertz CT molecular complexity index is 811. The normalized spacial score (nSPS) is 10.7. The second-order valence-corrected chi connectivity index (χ2v) is 5.68. The Morgan fingerprint density at radius 1 is 1.58 bits per heavy atom. The molecule has 0 saturated carbocycles. The highest BCUT2D eigenvalue weighted by Gasteiger charge is 2.18. The number of carbonyl (C=O) groups excluding carboxylic acids is 1. The number of nitrogens with zero attached hydrogens (tertiary/aromatic N) is 2. The molecule has 9 heteroatoms. The van der Waals surface area contributed by atoms with E-state index < -0.39 is 17.2 Å². The maximum absolute atomic E-state index is 12.2. The Balaban J connectivity index is 2.10. The lowest BCUT2D eigenvalue weighted by atomic mass is 10.2. The van der Waals surface area contributed by atoms with Crippen molar-refractivity contribution in [2.75, 3.05) is 13.6 Å². The third-order valence-electron chi connectivity index (χ3n) is 2.97. The van der Waals surface area contributed by atoms with Crippen LogP contribution in [0.15, 0.2) is 39.6 Å². The number of amides is 1. The van der Waals surface area contributed by atoms with Crippen LogP contribution in [0.2, 0.25) is 0 Å². The maximum Gasteiger partial charge on any atom is 0.294 e. The van der Waals surface area contributed by atoms with Crippen LogP contribution in [-0.4, -0.2) is 40.8 Å². The molecule has 0 spiro atoms. The molecule has 0 aliphatic rings. The van der Waals surface area contributed by atoms with Crippen molar-refractivity contribution in [1.82, 2.24) is 20.7 Å². The van der Waals surface area contributed by atoms with Crippen LogP contribution in [0.5, 0.6) is 5.75 Å². The summed E-state index contributed by atoms with van der Waals surface area (Å²) >= 11 is 1.36. The van der Waals surface area contributed by atoms with E-state index in [9.17, 15) is 14.7 Å². The van der Waals surface area contributed by atoms with Crippen molar-refractivity contribution in [3.05, 3.63) is 45.7 Å². The number of rotatable bonds is 7. The second kappa shape index (κ2) is 8.06. The van der Waals surface area contributed by atoms with Gasteiger partial charge in [0.1, 0.15) is 0 Å². The van der Waals surface area contributed by atoms with Crippen molar-refractivity contribution < 1.29 is 9.90 Å². The summed E-state index contributed by atoms with van der Waals surface area (Å²) in [6, 6.07) is 3.55. The second-order valence-electron chi connectivity index (χ2n) is 4.74. The molecule has 8 nitrogen and oxygen atoms in total. The highest BCUT2D eigenvalue weighted by atomic mass is 32.1. The lowest BCUT2D eigenvalue weighted by Crippen LogP contribution is -2.28. The van der Waals surface area contributed by atoms with Gasteiger partial charge in [0, 0.05) is 19.8 Å². The van der Waals surface area contributed by atoms with Gasteiger partial charge in [-0.15, -0.1) is 11.3 Å². The van der Waals surface area contributed by atoms with Gasteiger partial charge in [-0.1, -0.05) is 12.6 Å². The number of nitrogens with one attached hydrogen (secondary N) is 3. The number of carbonyl (C=O) groups is 1. The van der Waals surface area contributed by atoms with Crippen LogP contribution in [0.25, 0.3) is 10.7 Å². The maximum atomic E-state index is 12.2. The van der Waals surface area contributed by atoms with Crippen molar-refractivity contribution >= 4 is 23.5 Å². The standard InChI is InChI=1S/C15H17N5O3S/c1-9(8-18-16-2)5-6-17-14(22)11-12(21)15(23)20-13(19-11)10-4-3-7-24-10/h3-4,7-8,16,21H,1,5-6H2,2H3,(H,17,22)(H,19,20,23)/b18-8-. The summed E-state index contributed by atoms with van der Waals surface area (Å²) in [6.07, 6.45) is 2.02. The summed E-state index contributed by atoms with van der Waals surface area (Å²) in [5.41, 5.74) is 2.24. The lowest BCUT2D eigenvalue weighted by molar-refractivity contribution is 0.0946. The van der Waals surface area contributed by atoms with E-state index in [2.05, 4.69) is 32.4 Å². The highest BCUT2D eigenvalue weighted by molar-refractivity contribution is 7.13. The lowest BCUT2D eigenvalue weighted by Gasteiger charge is -2.07. The Labute approximate surface area is 142 Å². The summed E-state index contributed by atoms with van der Waals surface area (Å²) in [6.45, 7) is 4.06. The molecule has 0 aliphatic heterocycles. The fourth-order valence-corrected chi connectivity index (χ4v) is 2.47. The van der Waals surface area contributed by atoms with Crippen molar-refractivity contribution in [2.24, 2.45) is 5.10 Å². The minimum atomic E-state index is -0.760. The van der Waals surface area contributed by atoms with E-state index in [0.29, 0.717) is 16.9 Å². The number of aromatic nitrogens is 2. The van der Waals surface area contributed by atoms with Crippen LogP contribution < -0.4 is 16.3 Å². The molecule has 24 heavy (non-hydrogen) atoms. The molecular weight excluding hydrogens is 330 g/mol. The molecule has 0 bridgehead atoms. The fourth-order valence-electron chi connectivity index (χ4n) is 1.80. The van der Waals surface area contributed by atoms with E-state index in [-0.39, 0.29) is 18.1 Å². The van der Waals surface area contributed by atoms with Gasteiger partial charge in [0.05, 0.1) is 4.88 Å². The Hall–Kier alpha value is -2.94. The van der Waals surface area contributed by atoms with Gasteiger partial charge in [0.25, 0.3) is 11.5 Å². The van der Waals surface area contributed by atoms with Crippen LogP contribution >= 0.6 is 11.3 Å². The molecule has 2 aromatic heterocycles. The number of aromatic hydroxyl groups is 1. The number of thiophene rings is 1. The van der Waals surface area contributed by atoms with E-state index in [4.69, 9.17) is 0 Å². The van der Waals surface area contributed by atoms with E-state index in [1.54, 1.807) is 25.4 Å². The number of H-pyrrole nitrogens is 1. The van der Waals surface area contributed by atoms with Crippen LogP contribution in [0.1, 0.15) is 16.9 Å². The van der Waals surface area contributed by atoms with E-state index in [0.717, 1.165) is 0 Å². The predicted molar refractivity (Wildman–Crippen MR) is 93.5 cm³/mol. The summed E-state index contributed by atoms with van der Waals surface area (Å²) in [4.78, 5) is 31.2. The molecule has 0 radical (unpaired) electrons. The first kappa shape index (κ1) is 17.4. The zero-order valence-corrected chi connectivity index (χ0v) is 13.8. The van der Waals surface area contributed by atoms with Crippen molar-refractivity contribution in [1.29, 1.82) is 0 Å². The molecule has 0 aliphatic carbocycles. The fraction of sp³-hybridized carbons (Fsp3) is 0.200. The Morgan fingerprint density at radius 2 is 2.38 bits per heavy atom. The van der Waals surface area contributed by atoms with E-state index in [1.807, 2.05) is 5.38 Å². The minimum absolute atomic E-state index is 0.239. The predicted octanol–water partition coefficient (Wildman–Crippen LogP) is 1.09. The Morgan fingerprint density at radius 3 is 3.04 bits per heavy atom. The third kappa shape index (κ3) is 4.29. The van der Waals surface area contributed by atoms with Crippen molar-refractivity contribution in [3.8, 4) is 16.5 Å². The average molecular weight is 347 g/mol. The molecule has 0 atom stereocenters. The molecule has 0 saturated heterocycles. The molecule has 2 aromatic rings. The van der Waals surface area contributed by atoms with Gasteiger partial charge in [-0.05, 0) is 23.4 Å². The Kier molecular flexibility index (Phi) is 5.85. The summed E-state index contributed by atoms with van der Waals surface area (Å²) in [7, 11) is 1.66. The largest absolute Gasteiger partial charge is 0.501 e. The molecular formula is C15H17N5O3S. The summed E-state index contributed by atoms with van der Waals surface area (Å²) in [5, 5.41) is 18.0. The first-order valence-corrected chi connectivity index (χ1v) is 7.94. The minimum Gasteiger partial charge on any atom is -0.501 e. The van der Waals surface area contributed by atoms with Gasteiger partial charge >= 0.3 is 0 Å². The van der Waals surface area contributed by atoms with Crippen molar-refractivity contribution in [2.45, 2.75) is 6.42 Å². The van der Waals surface area contributed by atoms with Gasteiger partial charge in [-0.2, -0.15) is 5.10 Å². The van der Waals surface area contributed by atoms with Crippen molar-refractivity contribution in [3.63, 3.8) is 0 Å².